The Bertz CT molecular complexity index is 306. The summed E-state index contributed by atoms with van der Waals surface area (Å²) in [7, 11) is 0. The maximum atomic E-state index is 10.8. The van der Waals surface area contributed by atoms with Crippen molar-refractivity contribution >= 4 is 17.7 Å². The second-order valence-electron chi connectivity index (χ2n) is 4.06. The van der Waals surface area contributed by atoms with E-state index in [0.29, 0.717) is 12.8 Å². The third kappa shape index (κ3) is 1.92. The van der Waals surface area contributed by atoms with Crippen molar-refractivity contribution in [2.24, 2.45) is 10.4 Å². The summed E-state index contributed by atoms with van der Waals surface area (Å²) >= 11 is 0. The summed E-state index contributed by atoms with van der Waals surface area (Å²) in [6.07, 6.45) is 0.939. The van der Waals surface area contributed by atoms with Crippen molar-refractivity contribution in [2.75, 3.05) is 0 Å². The van der Waals surface area contributed by atoms with Gasteiger partial charge in [0.1, 0.15) is 11.8 Å². The van der Waals surface area contributed by atoms with Gasteiger partial charge in [0, 0.05) is 5.41 Å². The van der Waals surface area contributed by atoms with Crippen molar-refractivity contribution in [3.63, 3.8) is 0 Å². The number of hydrogen-bond donors (Lipinski definition) is 2. The second kappa shape index (κ2) is 3.40. The quantitative estimate of drug-likeness (QED) is 0.688. The maximum Gasteiger partial charge on any atom is 0.350 e. The van der Waals surface area contributed by atoms with E-state index < -0.39 is 23.4 Å². The largest absolute Gasteiger partial charge is 0.480 e. The van der Waals surface area contributed by atoms with Crippen LogP contribution in [0, 0.1) is 5.41 Å². The van der Waals surface area contributed by atoms with Gasteiger partial charge in [-0.2, -0.15) is 0 Å². The van der Waals surface area contributed by atoms with Gasteiger partial charge in [-0.25, -0.2) is 9.59 Å². The zero-order chi connectivity index (χ0) is 10.9. The van der Waals surface area contributed by atoms with E-state index in [4.69, 9.17) is 10.2 Å². The number of nitrogens with zero attached hydrogens (tertiary/aromatic N) is 1. The van der Waals surface area contributed by atoms with Crippen LogP contribution in [0.25, 0.3) is 0 Å². The topological polar surface area (TPSA) is 87.0 Å². The molecule has 0 saturated heterocycles. The Hall–Kier alpha value is -1.39. The fourth-order valence-corrected chi connectivity index (χ4v) is 1.53. The number of carboxylic acid groups (broad SMARTS) is 2. The summed E-state index contributed by atoms with van der Waals surface area (Å²) in [5.41, 5.74) is -0.561. The lowest BCUT2D eigenvalue weighted by Gasteiger charge is -2.30. The molecular formula is C9H13NO4. The van der Waals surface area contributed by atoms with Gasteiger partial charge < -0.3 is 10.2 Å². The standard InChI is InChI=1S/C9H13NO4/c1-9(2)4-3-5(7(11)12)10-6(9)8(13)14/h5H,3-4H2,1-2H3,(H,11,12)(H,13,14)/t5-/m0/s1. The van der Waals surface area contributed by atoms with E-state index in [1.807, 2.05) is 0 Å². The molecule has 1 heterocycles. The molecule has 0 spiro atoms. The zero-order valence-electron chi connectivity index (χ0n) is 8.15. The molecule has 1 rings (SSSR count). The molecule has 5 nitrogen and oxygen atoms in total. The molecular weight excluding hydrogens is 186 g/mol. The summed E-state index contributed by atoms with van der Waals surface area (Å²) < 4.78 is 0. The van der Waals surface area contributed by atoms with Crippen LogP contribution in [0.3, 0.4) is 0 Å². The molecule has 1 aliphatic rings. The molecule has 0 aromatic rings. The number of carbonyl (C=O) groups is 2. The first-order valence-corrected chi connectivity index (χ1v) is 4.39. The van der Waals surface area contributed by atoms with Gasteiger partial charge in [0.15, 0.2) is 0 Å². The monoisotopic (exact) mass is 199 g/mol. The summed E-state index contributed by atoms with van der Waals surface area (Å²) in [5, 5.41) is 17.6. The minimum Gasteiger partial charge on any atom is -0.480 e. The fraction of sp³-hybridized carbons (Fsp3) is 0.667. The SMILES string of the molecule is CC1(C)CC[C@@H](C(=O)O)N=C1C(=O)O. The van der Waals surface area contributed by atoms with E-state index in [-0.39, 0.29) is 5.71 Å². The first kappa shape index (κ1) is 10.7. The molecule has 0 radical (unpaired) electrons. The normalized spacial score (nSPS) is 25.3. The third-order valence-electron chi connectivity index (χ3n) is 2.46. The number of aliphatic carboxylic acids is 2. The van der Waals surface area contributed by atoms with Crippen LogP contribution >= 0.6 is 0 Å². The Labute approximate surface area is 81.5 Å². The minimum absolute atomic E-state index is 0.0313. The molecule has 1 aliphatic heterocycles. The lowest BCUT2D eigenvalue weighted by atomic mass is 9.79. The highest BCUT2D eigenvalue weighted by Crippen LogP contribution is 2.31. The summed E-state index contributed by atoms with van der Waals surface area (Å²) in [5.74, 6) is -2.18. The van der Waals surface area contributed by atoms with Gasteiger partial charge in [-0.15, -0.1) is 0 Å². The highest BCUT2D eigenvalue weighted by molar-refractivity contribution is 6.38. The van der Waals surface area contributed by atoms with Crippen LogP contribution in [-0.2, 0) is 9.59 Å². The van der Waals surface area contributed by atoms with E-state index in [2.05, 4.69) is 4.99 Å². The Kier molecular flexibility index (Phi) is 2.59. The van der Waals surface area contributed by atoms with Crippen LogP contribution in [0.4, 0.5) is 0 Å². The third-order valence-corrected chi connectivity index (χ3v) is 2.46. The van der Waals surface area contributed by atoms with Crippen LogP contribution in [0.2, 0.25) is 0 Å². The maximum absolute atomic E-state index is 10.8. The van der Waals surface area contributed by atoms with Gasteiger partial charge in [0.2, 0.25) is 0 Å². The molecule has 1 atom stereocenters. The predicted octanol–water partition coefficient (Wildman–Crippen LogP) is 0.785. The van der Waals surface area contributed by atoms with Crippen molar-refractivity contribution in [3.8, 4) is 0 Å². The Morgan fingerprint density at radius 1 is 1.43 bits per heavy atom. The molecule has 14 heavy (non-hydrogen) atoms. The average molecular weight is 199 g/mol. The fourth-order valence-electron chi connectivity index (χ4n) is 1.53. The van der Waals surface area contributed by atoms with Crippen molar-refractivity contribution in [3.05, 3.63) is 0 Å². The van der Waals surface area contributed by atoms with Crippen molar-refractivity contribution in [1.82, 2.24) is 0 Å². The van der Waals surface area contributed by atoms with Crippen molar-refractivity contribution in [2.45, 2.75) is 32.7 Å². The van der Waals surface area contributed by atoms with Gasteiger partial charge in [0.25, 0.3) is 0 Å². The molecule has 0 unspecified atom stereocenters. The molecule has 2 N–H and O–H groups in total. The van der Waals surface area contributed by atoms with E-state index in [9.17, 15) is 9.59 Å². The van der Waals surface area contributed by atoms with Gasteiger partial charge in [0.05, 0.1) is 0 Å². The summed E-state index contributed by atoms with van der Waals surface area (Å²) in [6, 6.07) is -0.894. The van der Waals surface area contributed by atoms with E-state index in [1.165, 1.54) is 0 Å². The number of aliphatic imine (C=N–C) groups is 1. The van der Waals surface area contributed by atoms with E-state index in [1.54, 1.807) is 13.8 Å². The summed E-state index contributed by atoms with van der Waals surface area (Å²) in [6.45, 7) is 3.52. The number of rotatable bonds is 2. The highest BCUT2D eigenvalue weighted by atomic mass is 16.4. The zero-order valence-corrected chi connectivity index (χ0v) is 8.15. The van der Waals surface area contributed by atoms with E-state index in [0.717, 1.165) is 0 Å². The van der Waals surface area contributed by atoms with Crippen LogP contribution < -0.4 is 0 Å². The Balaban J connectivity index is 3.03. The Morgan fingerprint density at radius 3 is 2.43 bits per heavy atom. The molecule has 0 amide bonds. The summed E-state index contributed by atoms with van der Waals surface area (Å²) in [4.78, 5) is 25.2. The second-order valence-corrected chi connectivity index (χ2v) is 4.06. The van der Waals surface area contributed by atoms with Gasteiger partial charge in [-0.3, -0.25) is 4.99 Å². The molecule has 78 valence electrons. The van der Waals surface area contributed by atoms with Crippen LogP contribution in [0.15, 0.2) is 4.99 Å². The van der Waals surface area contributed by atoms with Crippen LogP contribution in [-0.4, -0.2) is 33.9 Å². The molecule has 0 aliphatic carbocycles. The average Bonchev–Trinajstić information content (AvgIpc) is 2.02. The molecule has 0 bridgehead atoms. The van der Waals surface area contributed by atoms with Gasteiger partial charge in [-0.1, -0.05) is 13.8 Å². The molecule has 5 heteroatoms. The molecule has 0 saturated carbocycles. The van der Waals surface area contributed by atoms with E-state index >= 15 is 0 Å². The molecule has 0 aromatic heterocycles. The first-order chi connectivity index (χ1) is 6.34. The predicted molar refractivity (Wildman–Crippen MR) is 49.5 cm³/mol. The molecule has 0 fully saturated rings. The number of carboxylic acids is 2. The minimum atomic E-state index is -1.12. The molecule has 0 aromatic carbocycles. The smallest absolute Gasteiger partial charge is 0.350 e. The van der Waals surface area contributed by atoms with Crippen molar-refractivity contribution < 1.29 is 19.8 Å². The lowest BCUT2D eigenvalue weighted by Crippen LogP contribution is -2.39. The Morgan fingerprint density at radius 2 is 2.00 bits per heavy atom. The van der Waals surface area contributed by atoms with Gasteiger partial charge in [-0.05, 0) is 12.8 Å². The first-order valence-electron chi connectivity index (χ1n) is 4.39. The van der Waals surface area contributed by atoms with Crippen LogP contribution in [0.5, 0.6) is 0 Å². The van der Waals surface area contributed by atoms with Gasteiger partial charge >= 0.3 is 11.9 Å². The lowest BCUT2D eigenvalue weighted by molar-refractivity contribution is -0.138. The van der Waals surface area contributed by atoms with Crippen LogP contribution in [0.1, 0.15) is 26.7 Å². The highest BCUT2D eigenvalue weighted by Gasteiger charge is 2.37. The number of hydrogen-bond acceptors (Lipinski definition) is 3. The van der Waals surface area contributed by atoms with Crippen molar-refractivity contribution in [1.29, 1.82) is 0 Å².